The van der Waals surface area contributed by atoms with Gasteiger partial charge in [-0.2, -0.15) is 0 Å². The van der Waals surface area contributed by atoms with E-state index >= 15 is 0 Å². The van der Waals surface area contributed by atoms with Crippen LogP contribution in [-0.2, 0) is 13.2 Å². The summed E-state index contributed by atoms with van der Waals surface area (Å²) >= 11 is 6.13. The topological polar surface area (TPSA) is 24.5 Å². The Labute approximate surface area is 168 Å². The molecule has 0 atom stereocenters. The van der Waals surface area contributed by atoms with Crippen LogP contribution >= 0.6 is 36.4 Å². The molecule has 140 valence electrons. The smallest absolute Gasteiger partial charge is 0.124 e. The van der Waals surface area contributed by atoms with Crippen molar-refractivity contribution in [1.82, 2.24) is 10.2 Å². The molecule has 25 heavy (non-hydrogen) atoms. The highest BCUT2D eigenvalue weighted by Crippen LogP contribution is 2.23. The monoisotopic (exact) mass is 404 g/mol. The predicted molar refractivity (Wildman–Crippen MR) is 112 cm³/mol. The van der Waals surface area contributed by atoms with Gasteiger partial charge >= 0.3 is 0 Å². The third-order valence-corrected chi connectivity index (χ3v) is 3.77. The summed E-state index contributed by atoms with van der Waals surface area (Å²) in [5.41, 5.74) is 2.26. The molecule has 0 aliphatic carbocycles. The molecule has 0 aliphatic rings. The molecule has 0 spiro atoms. The van der Waals surface area contributed by atoms with Gasteiger partial charge in [0.2, 0.25) is 0 Å². The van der Waals surface area contributed by atoms with Crippen molar-refractivity contribution in [3.05, 3.63) is 64.7 Å². The number of rotatable bonds is 9. The molecule has 0 saturated heterocycles. The summed E-state index contributed by atoms with van der Waals surface area (Å²) < 4.78 is 5.97. The van der Waals surface area contributed by atoms with Gasteiger partial charge in [-0.1, -0.05) is 41.9 Å². The van der Waals surface area contributed by atoms with E-state index in [0.29, 0.717) is 6.61 Å². The second-order valence-electron chi connectivity index (χ2n) is 5.86. The average Bonchev–Trinajstić information content (AvgIpc) is 2.54. The van der Waals surface area contributed by atoms with Crippen LogP contribution in [0.2, 0.25) is 5.02 Å². The molecule has 0 heterocycles. The zero-order valence-electron chi connectivity index (χ0n) is 14.7. The summed E-state index contributed by atoms with van der Waals surface area (Å²) in [6, 6.07) is 16.0. The molecule has 2 aromatic carbocycles. The first-order chi connectivity index (χ1) is 11.1. The number of hydrogen-bond acceptors (Lipinski definition) is 3. The van der Waals surface area contributed by atoms with Crippen molar-refractivity contribution >= 4 is 36.4 Å². The van der Waals surface area contributed by atoms with Gasteiger partial charge in [0.25, 0.3) is 0 Å². The van der Waals surface area contributed by atoms with E-state index in [-0.39, 0.29) is 24.8 Å². The summed E-state index contributed by atoms with van der Waals surface area (Å²) in [5.74, 6) is 0.887. The fourth-order valence-corrected chi connectivity index (χ4v) is 2.50. The van der Waals surface area contributed by atoms with E-state index in [2.05, 4.69) is 36.4 Å². The summed E-state index contributed by atoms with van der Waals surface area (Å²) in [5, 5.41) is 4.20. The van der Waals surface area contributed by atoms with E-state index in [1.807, 2.05) is 36.4 Å². The number of benzene rings is 2. The molecule has 0 radical (unpaired) electrons. The fraction of sp³-hybridized carbons (Fsp3) is 0.368. The van der Waals surface area contributed by atoms with Crippen LogP contribution in [0.4, 0.5) is 0 Å². The zero-order valence-corrected chi connectivity index (χ0v) is 17.1. The molecule has 0 amide bonds. The lowest BCUT2D eigenvalue weighted by Gasteiger charge is -2.14. The van der Waals surface area contributed by atoms with Gasteiger partial charge < -0.3 is 15.0 Å². The van der Waals surface area contributed by atoms with Gasteiger partial charge in [-0.15, -0.1) is 24.8 Å². The Morgan fingerprint density at radius 2 is 1.76 bits per heavy atom. The maximum Gasteiger partial charge on any atom is 0.124 e. The van der Waals surface area contributed by atoms with Crippen molar-refractivity contribution in [2.24, 2.45) is 0 Å². The molecule has 0 saturated carbocycles. The maximum atomic E-state index is 6.13. The van der Waals surface area contributed by atoms with Crippen molar-refractivity contribution in [3.63, 3.8) is 0 Å². The number of ether oxygens (including phenoxy) is 1. The lowest BCUT2D eigenvalue weighted by molar-refractivity contribution is 0.302. The molecule has 3 nitrogen and oxygen atoms in total. The lowest BCUT2D eigenvalue weighted by Crippen LogP contribution is -2.21. The standard InChI is InChI=1S/C19H25ClN2O.2ClH/c1-22(2)12-6-11-21-14-17-13-18(20)9-10-19(17)23-15-16-7-4-3-5-8-16;;/h3-5,7-10,13,21H,6,11-12,14-15H2,1-2H3;2*1H. The molecular weight excluding hydrogens is 379 g/mol. The van der Waals surface area contributed by atoms with Crippen molar-refractivity contribution in [2.45, 2.75) is 19.6 Å². The first-order valence-corrected chi connectivity index (χ1v) is 8.33. The first kappa shape index (κ1) is 24.0. The third kappa shape index (κ3) is 9.34. The van der Waals surface area contributed by atoms with Gasteiger partial charge in [0, 0.05) is 17.1 Å². The number of nitrogens with one attached hydrogen (secondary N) is 1. The van der Waals surface area contributed by atoms with Crippen LogP contribution in [0, 0.1) is 0 Å². The second kappa shape index (κ2) is 13.3. The van der Waals surface area contributed by atoms with Crippen LogP contribution in [0.1, 0.15) is 17.5 Å². The van der Waals surface area contributed by atoms with Crippen molar-refractivity contribution in [1.29, 1.82) is 0 Å². The minimum Gasteiger partial charge on any atom is -0.489 e. The number of nitrogens with zero attached hydrogens (tertiary/aromatic N) is 1. The fourth-order valence-electron chi connectivity index (χ4n) is 2.31. The molecule has 6 heteroatoms. The van der Waals surface area contributed by atoms with E-state index in [9.17, 15) is 0 Å². The van der Waals surface area contributed by atoms with Crippen LogP contribution in [-0.4, -0.2) is 32.1 Å². The molecule has 0 aliphatic heterocycles. The summed E-state index contributed by atoms with van der Waals surface area (Å²) in [6.07, 6.45) is 1.12. The van der Waals surface area contributed by atoms with Gasteiger partial charge in [0.1, 0.15) is 12.4 Å². The molecule has 1 N–H and O–H groups in total. The Morgan fingerprint density at radius 1 is 1.04 bits per heavy atom. The summed E-state index contributed by atoms with van der Waals surface area (Å²) in [7, 11) is 4.18. The SMILES string of the molecule is CN(C)CCCNCc1cc(Cl)ccc1OCc1ccccc1.Cl.Cl. The Balaban J connectivity index is 0.00000288. The van der Waals surface area contributed by atoms with Gasteiger partial charge in [-0.05, 0) is 57.4 Å². The molecule has 2 rings (SSSR count). The van der Waals surface area contributed by atoms with Crippen LogP contribution < -0.4 is 10.1 Å². The minimum atomic E-state index is 0. The van der Waals surface area contributed by atoms with Gasteiger partial charge in [-0.25, -0.2) is 0 Å². The lowest BCUT2D eigenvalue weighted by atomic mass is 10.2. The van der Waals surface area contributed by atoms with Crippen molar-refractivity contribution < 1.29 is 4.74 Å². The van der Waals surface area contributed by atoms with Crippen LogP contribution in [0.25, 0.3) is 0 Å². The number of hydrogen-bond donors (Lipinski definition) is 1. The highest BCUT2D eigenvalue weighted by Gasteiger charge is 2.05. The predicted octanol–water partition coefficient (Wildman–Crippen LogP) is 4.80. The Kier molecular flexibility index (Phi) is 12.7. The van der Waals surface area contributed by atoms with Gasteiger partial charge in [-0.3, -0.25) is 0 Å². The van der Waals surface area contributed by atoms with Crippen molar-refractivity contribution in [3.8, 4) is 5.75 Å². The maximum absolute atomic E-state index is 6.13. The van der Waals surface area contributed by atoms with E-state index in [4.69, 9.17) is 16.3 Å². The Bertz CT molecular complexity index is 594. The second-order valence-corrected chi connectivity index (χ2v) is 6.30. The summed E-state index contributed by atoms with van der Waals surface area (Å²) in [4.78, 5) is 2.19. The Morgan fingerprint density at radius 3 is 2.44 bits per heavy atom. The largest absolute Gasteiger partial charge is 0.489 e. The molecule has 2 aromatic rings. The zero-order chi connectivity index (χ0) is 16.5. The van der Waals surface area contributed by atoms with E-state index in [0.717, 1.165) is 48.0 Å². The number of halogens is 3. The van der Waals surface area contributed by atoms with Gasteiger partial charge in [0.15, 0.2) is 0 Å². The van der Waals surface area contributed by atoms with Crippen molar-refractivity contribution in [2.75, 3.05) is 27.2 Å². The molecule has 0 unspecified atom stereocenters. The highest BCUT2D eigenvalue weighted by molar-refractivity contribution is 6.30. The van der Waals surface area contributed by atoms with E-state index in [1.165, 1.54) is 0 Å². The highest BCUT2D eigenvalue weighted by atomic mass is 35.5. The quantitative estimate of drug-likeness (QED) is 0.606. The van der Waals surface area contributed by atoms with Crippen LogP contribution in [0.3, 0.4) is 0 Å². The molecule has 0 fully saturated rings. The van der Waals surface area contributed by atoms with Crippen LogP contribution in [0.15, 0.2) is 48.5 Å². The molecule has 0 bridgehead atoms. The Hall–Kier alpha value is -0.970. The van der Waals surface area contributed by atoms with Crippen LogP contribution in [0.5, 0.6) is 5.75 Å². The average molecular weight is 406 g/mol. The third-order valence-electron chi connectivity index (χ3n) is 3.53. The van der Waals surface area contributed by atoms with E-state index in [1.54, 1.807) is 0 Å². The molecule has 0 aromatic heterocycles. The molecular formula is C19H27Cl3N2O. The minimum absolute atomic E-state index is 0. The normalized spacial score (nSPS) is 10.1. The summed E-state index contributed by atoms with van der Waals surface area (Å²) in [6.45, 7) is 3.39. The van der Waals surface area contributed by atoms with Gasteiger partial charge in [0.05, 0.1) is 0 Å². The van der Waals surface area contributed by atoms with E-state index < -0.39 is 0 Å². The first-order valence-electron chi connectivity index (χ1n) is 7.96.